The highest BCUT2D eigenvalue weighted by atomic mass is 19.1. The zero-order valence-electron chi connectivity index (χ0n) is 15.9. The van der Waals surface area contributed by atoms with Crippen LogP contribution in [0, 0.1) is 5.82 Å². The van der Waals surface area contributed by atoms with Gasteiger partial charge < -0.3 is 15.3 Å². The number of rotatable bonds is 5. The van der Waals surface area contributed by atoms with Crippen molar-refractivity contribution in [2.75, 3.05) is 4.90 Å². The lowest BCUT2D eigenvalue weighted by Crippen LogP contribution is -2.65. The lowest BCUT2D eigenvalue weighted by atomic mass is 9.87. The number of halogens is 1. The first kappa shape index (κ1) is 19.4. The number of β-lactam (4-membered cyclic amide) rings is 1. The van der Waals surface area contributed by atoms with Gasteiger partial charge in [-0.1, -0.05) is 42.5 Å². The van der Waals surface area contributed by atoms with Gasteiger partial charge in [-0.2, -0.15) is 0 Å². The highest BCUT2D eigenvalue weighted by Gasteiger charge is 2.49. The Hall–Kier alpha value is -3.93. The van der Waals surface area contributed by atoms with Crippen molar-refractivity contribution in [1.29, 1.82) is 0 Å². The fourth-order valence-electron chi connectivity index (χ4n) is 3.47. The molecule has 0 aromatic heterocycles. The number of nitrogens with one attached hydrogen (secondary N) is 1. The van der Waals surface area contributed by atoms with Crippen LogP contribution in [0.5, 0.6) is 5.75 Å². The van der Waals surface area contributed by atoms with Crippen molar-refractivity contribution < 1.29 is 19.1 Å². The standard InChI is InChI=1S/C24H19FN2O3/c25-18-9-11-19(12-10-18)27-23(17-7-13-20(28)14-8-17)22(24(27)30)26-21(29)15-6-16-4-2-1-3-5-16/h1-15,22-23,28H,(H,26,29)/b15-6+/t22-,23-/m1/s1. The smallest absolute Gasteiger partial charge is 0.252 e. The Labute approximate surface area is 173 Å². The summed E-state index contributed by atoms with van der Waals surface area (Å²) >= 11 is 0. The van der Waals surface area contributed by atoms with Gasteiger partial charge in [-0.25, -0.2) is 4.39 Å². The number of aromatic hydroxyl groups is 1. The van der Waals surface area contributed by atoms with E-state index in [9.17, 15) is 19.1 Å². The first-order valence-electron chi connectivity index (χ1n) is 9.44. The molecular weight excluding hydrogens is 383 g/mol. The van der Waals surface area contributed by atoms with Crippen LogP contribution in [0.4, 0.5) is 10.1 Å². The maximum absolute atomic E-state index is 13.3. The maximum Gasteiger partial charge on any atom is 0.252 e. The minimum absolute atomic E-state index is 0.101. The van der Waals surface area contributed by atoms with Crippen LogP contribution in [0.15, 0.2) is 84.9 Å². The molecule has 1 aliphatic heterocycles. The lowest BCUT2D eigenvalue weighted by Gasteiger charge is -2.47. The summed E-state index contributed by atoms with van der Waals surface area (Å²) in [4.78, 5) is 26.8. The number of phenols is 1. The van der Waals surface area contributed by atoms with Gasteiger partial charge in [-0.05, 0) is 53.6 Å². The number of hydrogen-bond donors (Lipinski definition) is 2. The highest BCUT2D eigenvalue weighted by Crippen LogP contribution is 2.39. The number of anilines is 1. The second-order valence-corrected chi connectivity index (χ2v) is 6.95. The van der Waals surface area contributed by atoms with Gasteiger partial charge in [-0.3, -0.25) is 9.59 Å². The van der Waals surface area contributed by atoms with E-state index >= 15 is 0 Å². The predicted octanol–water partition coefficient (Wildman–Crippen LogP) is 3.82. The molecule has 0 spiro atoms. The molecule has 30 heavy (non-hydrogen) atoms. The monoisotopic (exact) mass is 402 g/mol. The average molecular weight is 402 g/mol. The second-order valence-electron chi connectivity index (χ2n) is 6.95. The molecule has 5 nitrogen and oxygen atoms in total. The molecule has 1 aliphatic rings. The molecule has 0 radical (unpaired) electrons. The van der Waals surface area contributed by atoms with Gasteiger partial charge in [0.15, 0.2) is 0 Å². The highest BCUT2D eigenvalue weighted by molar-refractivity contribution is 6.08. The predicted molar refractivity (Wildman–Crippen MR) is 112 cm³/mol. The van der Waals surface area contributed by atoms with E-state index in [1.807, 2.05) is 30.3 Å². The zero-order valence-corrected chi connectivity index (χ0v) is 15.9. The molecule has 4 rings (SSSR count). The number of carbonyl (C=O) groups excluding carboxylic acids is 2. The summed E-state index contributed by atoms with van der Waals surface area (Å²) in [5.41, 5.74) is 2.15. The fraction of sp³-hybridized carbons (Fsp3) is 0.0833. The van der Waals surface area contributed by atoms with Crippen molar-refractivity contribution in [2.24, 2.45) is 0 Å². The van der Waals surface area contributed by atoms with Crippen LogP contribution >= 0.6 is 0 Å². The molecule has 0 saturated carbocycles. The van der Waals surface area contributed by atoms with Gasteiger partial charge >= 0.3 is 0 Å². The second kappa shape index (κ2) is 8.21. The van der Waals surface area contributed by atoms with Crippen LogP contribution in [0.3, 0.4) is 0 Å². The van der Waals surface area contributed by atoms with Crippen LogP contribution in [0.1, 0.15) is 17.2 Å². The zero-order chi connectivity index (χ0) is 21.1. The van der Waals surface area contributed by atoms with Crippen molar-refractivity contribution in [3.05, 3.63) is 102 Å². The van der Waals surface area contributed by atoms with Crippen LogP contribution in [0.25, 0.3) is 6.08 Å². The summed E-state index contributed by atoms with van der Waals surface area (Å²) in [6.07, 6.45) is 3.06. The molecule has 2 atom stereocenters. The Morgan fingerprint density at radius 3 is 2.30 bits per heavy atom. The summed E-state index contributed by atoms with van der Waals surface area (Å²) in [6, 6.07) is 20.2. The molecule has 0 bridgehead atoms. The van der Waals surface area contributed by atoms with Crippen molar-refractivity contribution in [3.63, 3.8) is 0 Å². The average Bonchev–Trinajstić information content (AvgIpc) is 2.77. The Kier molecular flexibility index (Phi) is 5.30. The molecule has 150 valence electrons. The first-order valence-corrected chi connectivity index (χ1v) is 9.44. The van der Waals surface area contributed by atoms with Crippen LogP contribution in [-0.4, -0.2) is 23.0 Å². The van der Waals surface area contributed by atoms with Gasteiger partial charge in [0.1, 0.15) is 17.6 Å². The number of carbonyl (C=O) groups is 2. The van der Waals surface area contributed by atoms with Crippen LogP contribution < -0.4 is 10.2 Å². The van der Waals surface area contributed by atoms with E-state index in [-0.39, 0.29) is 17.6 Å². The molecule has 2 N–H and O–H groups in total. The largest absolute Gasteiger partial charge is 0.508 e. The van der Waals surface area contributed by atoms with Gasteiger partial charge in [0.2, 0.25) is 5.91 Å². The van der Waals surface area contributed by atoms with Crippen molar-refractivity contribution >= 4 is 23.6 Å². The van der Waals surface area contributed by atoms with E-state index in [0.717, 1.165) is 11.1 Å². The fourth-order valence-corrected chi connectivity index (χ4v) is 3.47. The van der Waals surface area contributed by atoms with Crippen LogP contribution in [-0.2, 0) is 9.59 Å². The van der Waals surface area contributed by atoms with E-state index in [1.165, 1.54) is 47.4 Å². The maximum atomic E-state index is 13.3. The third-order valence-corrected chi connectivity index (χ3v) is 4.96. The lowest BCUT2D eigenvalue weighted by molar-refractivity contribution is -0.131. The van der Waals surface area contributed by atoms with E-state index in [1.54, 1.807) is 18.2 Å². The number of nitrogens with zero attached hydrogens (tertiary/aromatic N) is 1. The first-order chi connectivity index (χ1) is 14.5. The van der Waals surface area contributed by atoms with E-state index in [2.05, 4.69) is 5.32 Å². The van der Waals surface area contributed by atoms with Gasteiger partial charge in [0.25, 0.3) is 5.91 Å². The summed E-state index contributed by atoms with van der Waals surface area (Å²) < 4.78 is 13.3. The Bertz CT molecular complexity index is 1080. The van der Waals surface area contributed by atoms with Gasteiger partial charge in [0, 0.05) is 11.8 Å². The summed E-state index contributed by atoms with van der Waals surface area (Å²) in [5.74, 6) is -0.978. The summed E-state index contributed by atoms with van der Waals surface area (Å²) in [5, 5.41) is 12.3. The van der Waals surface area contributed by atoms with Crippen molar-refractivity contribution in [2.45, 2.75) is 12.1 Å². The van der Waals surface area contributed by atoms with E-state index < -0.39 is 17.9 Å². The quantitative estimate of drug-likeness (QED) is 0.504. The number of phenolic OH excluding ortho intramolecular Hbond substituents is 1. The summed E-state index contributed by atoms with van der Waals surface area (Å²) in [7, 11) is 0. The molecule has 3 aromatic carbocycles. The normalized spacial score (nSPS) is 18.3. The third kappa shape index (κ3) is 3.93. The van der Waals surface area contributed by atoms with Crippen molar-refractivity contribution in [3.8, 4) is 5.75 Å². The van der Waals surface area contributed by atoms with E-state index in [0.29, 0.717) is 5.69 Å². The van der Waals surface area contributed by atoms with Gasteiger partial charge in [0.05, 0.1) is 6.04 Å². The minimum atomic E-state index is -0.771. The third-order valence-electron chi connectivity index (χ3n) is 4.96. The molecule has 3 aromatic rings. The molecule has 0 aliphatic carbocycles. The topological polar surface area (TPSA) is 69.6 Å². The molecule has 1 fully saturated rings. The minimum Gasteiger partial charge on any atom is -0.508 e. The Morgan fingerprint density at radius 2 is 1.63 bits per heavy atom. The number of hydrogen-bond acceptors (Lipinski definition) is 3. The van der Waals surface area contributed by atoms with Crippen molar-refractivity contribution in [1.82, 2.24) is 5.32 Å². The summed E-state index contributed by atoms with van der Waals surface area (Å²) in [6.45, 7) is 0. The molecule has 1 heterocycles. The number of amides is 2. The molecular formula is C24H19FN2O3. The molecule has 1 saturated heterocycles. The van der Waals surface area contributed by atoms with Crippen LogP contribution in [0.2, 0.25) is 0 Å². The molecule has 2 amide bonds. The molecule has 0 unspecified atom stereocenters. The molecule has 6 heteroatoms. The van der Waals surface area contributed by atoms with Gasteiger partial charge in [-0.15, -0.1) is 0 Å². The Morgan fingerprint density at radius 1 is 0.967 bits per heavy atom. The van der Waals surface area contributed by atoms with E-state index in [4.69, 9.17) is 0 Å². The Balaban J connectivity index is 1.57. The number of benzene rings is 3. The SMILES string of the molecule is O=C(/C=C/c1ccccc1)N[C@H]1C(=O)N(c2ccc(F)cc2)[C@@H]1c1ccc(O)cc1.